The van der Waals surface area contributed by atoms with Gasteiger partial charge < -0.3 is 10.1 Å². The molecule has 0 bridgehead atoms. The molecule has 8 heteroatoms. The van der Waals surface area contributed by atoms with Crippen molar-refractivity contribution in [3.63, 3.8) is 0 Å². The first-order valence-corrected chi connectivity index (χ1v) is 8.86. The first kappa shape index (κ1) is 19.1. The third-order valence-electron chi connectivity index (χ3n) is 3.95. The van der Waals surface area contributed by atoms with Crippen molar-refractivity contribution in [1.82, 2.24) is 14.7 Å². The van der Waals surface area contributed by atoms with E-state index in [1.54, 1.807) is 12.1 Å². The maximum Gasteiger partial charge on any atom is 0.412 e. The van der Waals surface area contributed by atoms with Crippen LogP contribution in [0.3, 0.4) is 0 Å². The van der Waals surface area contributed by atoms with E-state index in [0.717, 1.165) is 12.0 Å². The van der Waals surface area contributed by atoms with E-state index >= 15 is 0 Å². The number of ether oxygens (including phenoxy) is 1. The molecular weight excluding hydrogens is 360 g/mol. The van der Waals surface area contributed by atoms with Gasteiger partial charge in [0.2, 0.25) is 0 Å². The number of hydrogen-bond acceptors (Lipinski definition) is 5. The van der Waals surface area contributed by atoms with Crippen molar-refractivity contribution in [1.29, 1.82) is 0 Å². The molecule has 0 atom stereocenters. The summed E-state index contributed by atoms with van der Waals surface area (Å²) in [5.41, 5.74) is 0.969. The van der Waals surface area contributed by atoms with Gasteiger partial charge in [-0.15, -0.1) is 0 Å². The normalized spacial score (nSPS) is 10.5. The van der Waals surface area contributed by atoms with E-state index in [1.165, 1.54) is 16.8 Å². The molecule has 8 nitrogen and oxygen atoms in total. The van der Waals surface area contributed by atoms with Crippen molar-refractivity contribution in [3.8, 4) is 0 Å². The van der Waals surface area contributed by atoms with Crippen LogP contribution in [0.5, 0.6) is 0 Å². The van der Waals surface area contributed by atoms with E-state index in [1.807, 2.05) is 37.3 Å². The highest BCUT2D eigenvalue weighted by atomic mass is 16.5. The minimum Gasteiger partial charge on any atom is -0.444 e. The Morgan fingerprint density at radius 1 is 1.14 bits per heavy atom. The molecule has 0 aliphatic rings. The predicted octanol–water partition coefficient (Wildman–Crippen LogP) is 2.58. The van der Waals surface area contributed by atoms with Crippen LogP contribution in [-0.4, -0.2) is 27.9 Å². The topological polar surface area (TPSA) is 102 Å². The number of fused-ring (bicyclic) bond motifs is 1. The Hall–Kier alpha value is -3.68. The molecule has 0 saturated carbocycles. The van der Waals surface area contributed by atoms with Gasteiger partial charge in [-0.3, -0.25) is 19.3 Å². The highest BCUT2D eigenvalue weighted by Crippen LogP contribution is 2.07. The summed E-state index contributed by atoms with van der Waals surface area (Å²) < 4.78 is 6.33. The van der Waals surface area contributed by atoms with Crippen LogP contribution in [0.15, 0.2) is 59.7 Å². The molecule has 3 aromatic rings. The largest absolute Gasteiger partial charge is 0.444 e. The van der Waals surface area contributed by atoms with Crippen molar-refractivity contribution in [2.24, 2.45) is 0 Å². The fourth-order valence-corrected chi connectivity index (χ4v) is 2.51. The average molecular weight is 380 g/mol. The highest BCUT2D eigenvalue weighted by molar-refractivity contribution is 5.94. The molecule has 2 N–H and O–H groups in total. The fourth-order valence-electron chi connectivity index (χ4n) is 2.51. The van der Waals surface area contributed by atoms with Crippen molar-refractivity contribution in [2.45, 2.75) is 20.0 Å². The van der Waals surface area contributed by atoms with Gasteiger partial charge >= 0.3 is 6.09 Å². The number of benzene rings is 1. The SMILES string of the molecule is CCCNC(=O)c1ccc2ncc(NC(=O)OCc3ccccc3)c(=O)n2c1. The number of aromatic nitrogens is 2. The molecule has 0 saturated heterocycles. The number of amides is 2. The zero-order valence-corrected chi connectivity index (χ0v) is 15.3. The number of hydrogen-bond donors (Lipinski definition) is 2. The Kier molecular flexibility index (Phi) is 6.01. The summed E-state index contributed by atoms with van der Waals surface area (Å²) in [4.78, 5) is 40.9. The molecule has 2 aromatic heterocycles. The third kappa shape index (κ3) is 4.53. The molecule has 0 radical (unpaired) electrons. The lowest BCUT2D eigenvalue weighted by Gasteiger charge is -2.09. The number of nitrogens with one attached hydrogen (secondary N) is 2. The molecule has 0 spiro atoms. The van der Waals surface area contributed by atoms with E-state index in [-0.39, 0.29) is 18.2 Å². The minimum atomic E-state index is -0.764. The van der Waals surface area contributed by atoms with Crippen LogP contribution >= 0.6 is 0 Å². The zero-order chi connectivity index (χ0) is 19.9. The quantitative estimate of drug-likeness (QED) is 0.684. The number of rotatable bonds is 6. The fraction of sp³-hybridized carbons (Fsp3) is 0.200. The Labute approximate surface area is 161 Å². The molecule has 3 rings (SSSR count). The Morgan fingerprint density at radius 2 is 1.93 bits per heavy atom. The average Bonchev–Trinajstić information content (AvgIpc) is 2.73. The van der Waals surface area contributed by atoms with Gasteiger partial charge in [0, 0.05) is 12.7 Å². The second-order valence-electron chi connectivity index (χ2n) is 6.07. The van der Waals surface area contributed by atoms with E-state index in [2.05, 4.69) is 15.6 Å². The smallest absolute Gasteiger partial charge is 0.412 e. The van der Waals surface area contributed by atoms with E-state index in [0.29, 0.717) is 17.8 Å². The van der Waals surface area contributed by atoms with Gasteiger partial charge in [-0.1, -0.05) is 37.3 Å². The van der Waals surface area contributed by atoms with Crippen LogP contribution in [0, 0.1) is 0 Å². The first-order valence-electron chi connectivity index (χ1n) is 8.86. The summed E-state index contributed by atoms with van der Waals surface area (Å²) in [5, 5.41) is 5.15. The third-order valence-corrected chi connectivity index (χ3v) is 3.95. The van der Waals surface area contributed by atoms with Gasteiger partial charge in [0.25, 0.3) is 11.5 Å². The number of nitrogens with zero attached hydrogens (tertiary/aromatic N) is 2. The van der Waals surface area contributed by atoms with Crippen LogP contribution in [-0.2, 0) is 11.3 Å². The summed E-state index contributed by atoms with van der Waals surface area (Å²) in [6, 6.07) is 12.3. The summed E-state index contributed by atoms with van der Waals surface area (Å²) in [6.07, 6.45) is 2.70. The lowest BCUT2D eigenvalue weighted by molar-refractivity contribution is 0.0953. The summed E-state index contributed by atoms with van der Waals surface area (Å²) in [7, 11) is 0. The second-order valence-corrected chi connectivity index (χ2v) is 6.07. The maximum absolute atomic E-state index is 12.6. The number of carbonyl (C=O) groups excluding carboxylic acids is 2. The van der Waals surface area contributed by atoms with Crippen LogP contribution in [0.25, 0.3) is 5.65 Å². The Balaban J connectivity index is 1.76. The van der Waals surface area contributed by atoms with Crippen LogP contribution < -0.4 is 16.2 Å². The van der Waals surface area contributed by atoms with Gasteiger partial charge in [-0.2, -0.15) is 0 Å². The zero-order valence-electron chi connectivity index (χ0n) is 15.3. The van der Waals surface area contributed by atoms with Crippen molar-refractivity contribution < 1.29 is 14.3 Å². The summed E-state index contributed by atoms with van der Waals surface area (Å²) >= 11 is 0. The van der Waals surface area contributed by atoms with Gasteiger partial charge in [0.15, 0.2) is 0 Å². The summed E-state index contributed by atoms with van der Waals surface area (Å²) in [5.74, 6) is -0.281. The Bertz CT molecular complexity index is 1050. The van der Waals surface area contributed by atoms with Gasteiger partial charge in [0.1, 0.15) is 17.9 Å². The number of pyridine rings is 1. The molecular formula is C20H20N4O4. The van der Waals surface area contributed by atoms with E-state index in [9.17, 15) is 14.4 Å². The molecule has 0 fully saturated rings. The molecule has 1 aromatic carbocycles. The molecule has 144 valence electrons. The molecule has 0 aliphatic carbocycles. The van der Waals surface area contributed by atoms with Crippen molar-refractivity contribution >= 4 is 23.3 Å². The lowest BCUT2D eigenvalue weighted by atomic mass is 10.2. The maximum atomic E-state index is 12.6. The van der Waals surface area contributed by atoms with Crippen molar-refractivity contribution in [3.05, 3.63) is 76.3 Å². The minimum absolute atomic E-state index is 0.0401. The van der Waals surface area contributed by atoms with Crippen LogP contribution in [0.4, 0.5) is 10.5 Å². The second kappa shape index (κ2) is 8.81. The highest BCUT2D eigenvalue weighted by Gasteiger charge is 2.12. The van der Waals surface area contributed by atoms with E-state index < -0.39 is 11.7 Å². The Morgan fingerprint density at radius 3 is 2.68 bits per heavy atom. The standard InChI is InChI=1S/C20H20N4O4/c1-2-10-21-18(25)15-8-9-17-22-11-16(19(26)24(17)12-15)23-20(27)28-13-14-6-4-3-5-7-14/h3-9,11-12H,2,10,13H2,1H3,(H,21,25)(H,23,27). The van der Waals surface area contributed by atoms with Gasteiger partial charge in [-0.05, 0) is 24.1 Å². The predicted molar refractivity (Wildman–Crippen MR) is 104 cm³/mol. The molecule has 2 heterocycles. The van der Waals surface area contributed by atoms with Gasteiger partial charge in [0.05, 0.1) is 11.8 Å². The first-order chi connectivity index (χ1) is 13.6. The molecule has 2 amide bonds. The van der Waals surface area contributed by atoms with Crippen molar-refractivity contribution in [2.75, 3.05) is 11.9 Å². The van der Waals surface area contributed by atoms with Crippen LogP contribution in [0.2, 0.25) is 0 Å². The van der Waals surface area contributed by atoms with E-state index in [4.69, 9.17) is 4.74 Å². The van der Waals surface area contributed by atoms with Crippen LogP contribution in [0.1, 0.15) is 29.3 Å². The number of carbonyl (C=O) groups is 2. The monoisotopic (exact) mass is 380 g/mol. The molecule has 28 heavy (non-hydrogen) atoms. The van der Waals surface area contributed by atoms with Gasteiger partial charge in [-0.25, -0.2) is 9.78 Å². The number of anilines is 1. The lowest BCUT2D eigenvalue weighted by Crippen LogP contribution is -2.27. The summed E-state index contributed by atoms with van der Waals surface area (Å²) in [6.45, 7) is 2.57. The molecule has 0 aliphatic heterocycles. The molecule has 0 unspecified atom stereocenters.